The van der Waals surface area contributed by atoms with Gasteiger partial charge in [0.05, 0.1) is 20.9 Å². The summed E-state index contributed by atoms with van der Waals surface area (Å²) in [5.41, 5.74) is 0. The van der Waals surface area contributed by atoms with Crippen LogP contribution in [0.1, 0.15) is 11.8 Å². The van der Waals surface area contributed by atoms with Crippen LogP contribution in [0.2, 0.25) is 14.4 Å². The summed E-state index contributed by atoms with van der Waals surface area (Å²) in [6.45, 7) is 3.35. The maximum atomic E-state index is 6.11. The van der Waals surface area contributed by atoms with Gasteiger partial charge in [-0.05, 0) is 25.1 Å². The Balaban J connectivity index is 2.13. The van der Waals surface area contributed by atoms with Crippen molar-refractivity contribution in [3.8, 4) is 0 Å². The number of nitrogens with zero attached hydrogens (tertiary/aromatic N) is 1. The molecule has 2 rings (SSSR count). The number of aromatic nitrogens is 1. The van der Waals surface area contributed by atoms with E-state index in [-0.39, 0.29) is 0 Å². The Morgan fingerprint density at radius 3 is 2.37 bits per heavy atom. The molecule has 0 saturated heterocycles. The first kappa shape index (κ1) is 14.7. The molecule has 0 fully saturated rings. The van der Waals surface area contributed by atoms with E-state index in [1.165, 1.54) is 11.3 Å². The standard InChI is InChI=1S/C12H12Cl3N3S/c1-2-16-11-8(13)5-9(14)12(18-11)17-6-7-3-4-10(15)19-7/h3-5H,2,6H2,1H3,(H2,16,17,18). The molecule has 0 aromatic carbocycles. The summed E-state index contributed by atoms with van der Waals surface area (Å²) >= 11 is 19.6. The van der Waals surface area contributed by atoms with Gasteiger partial charge in [-0.3, -0.25) is 0 Å². The predicted molar refractivity (Wildman–Crippen MR) is 85.1 cm³/mol. The van der Waals surface area contributed by atoms with Crippen molar-refractivity contribution in [2.45, 2.75) is 13.5 Å². The normalized spacial score (nSPS) is 10.5. The van der Waals surface area contributed by atoms with E-state index < -0.39 is 0 Å². The average molecular weight is 337 g/mol. The third-order valence-corrected chi connectivity index (χ3v) is 4.14. The van der Waals surface area contributed by atoms with Crippen LogP contribution in [0.3, 0.4) is 0 Å². The van der Waals surface area contributed by atoms with Crippen LogP contribution in [0.15, 0.2) is 18.2 Å². The number of thiophene rings is 1. The van der Waals surface area contributed by atoms with Crippen LogP contribution in [-0.2, 0) is 6.54 Å². The van der Waals surface area contributed by atoms with Gasteiger partial charge in [-0.15, -0.1) is 11.3 Å². The van der Waals surface area contributed by atoms with E-state index in [1.54, 1.807) is 6.07 Å². The molecule has 0 unspecified atom stereocenters. The topological polar surface area (TPSA) is 37.0 Å². The smallest absolute Gasteiger partial charge is 0.147 e. The SMILES string of the molecule is CCNc1nc(NCc2ccc(Cl)s2)c(Cl)cc1Cl. The molecule has 0 atom stereocenters. The summed E-state index contributed by atoms with van der Waals surface area (Å²) in [4.78, 5) is 5.48. The van der Waals surface area contributed by atoms with Gasteiger partial charge in [0.15, 0.2) is 0 Å². The van der Waals surface area contributed by atoms with E-state index in [4.69, 9.17) is 34.8 Å². The molecule has 0 spiro atoms. The highest BCUT2D eigenvalue weighted by atomic mass is 35.5. The fraction of sp³-hybridized carbons (Fsp3) is 0.250. The number of nitrogens with one attached hydrogen (secondary N) is 2. The zero-order valence-electron chi connectivity index (χ0n) is 10.1. The second-order valence-corrected chi connectivity index (χ2v) is 6.35. The van der Waals surface area contributed by atoms with Gasteiger partial charge in [-0.1, -0.05) is 34.8 Å². The average Bonchev–Trinajstić information content (AvgIpc) is 2.77. The highest BCUT2D eigenvalue weighted by Gasteiger charge is 2.09. The van der Waals surface area contributed by atoms with Crippen LogP contribution in [0.4, 0.5) is 11.6 Å². The van der Waals surface area contributed by atoms with E-state index in [1.807, 2.05) is 19.1 Å². The van der Waals surface area contributed by atoms with Crippen LogP contribution < -0.4 is 10.6 Å². The Kier molecular flexibility index (Phi) is 5.16. The molecule has 2 aromatic rings. The van der Waals surface area contributed by atoms with Gasteiger partial charge < -0.3 is 10.6 Å². The Hall–Kier alpha value is -0.680. The van der Waals surface area contributed by atoms with E-state index in [0.717, 1.165) is 15.8 Å². The van der Waals surface area contributed by atoms with Crippen molar-refractivity contribution in [3.63, 3.8) is 0 Å². The Bertz CT molecular complexity index is 571. The van der Waals surface area contributed by atoms with Crippen molar-refractivity contribution in [3.05, 3.63) is 37.5 Å². The summed E-state index contributed by atoms with van der Waals surface area (Å²) in [5, 5.41) is 7.27. The van der Waals surface area contributed by atoms with Crippen molar-refractivity contribution < 1.29 is 0 Å². The van der Waals surface area contributed by atoms with Gasteiger partial charge in [-0.25, -0.2) is 4.98 Å². The number of rotatable bonds is 5. The molecule has 0 radical (unpaired) electrons. The predicted octanol–water partition coefficient (Wildman–Crippen LogP) is 5.15. The number of anilines is 2. The monoisotopic (exact) mass is 335 g/mol. The van der Waals surface area contributed by atoms with Crippen molar-refractivity contribution in [1.82, 2.24) is 4.98 Å². The molecule has 2 N–H and O–H groups in total. The lowest BCUT2D eigenvalue weighted by Gasteiger charge is -2.11. The highest BCUT2D eigenvalue weighted by molar-refractivity contribution is 7.16. The Labute approximate surface area is 130 Å². The zero-order valence-corrected chi connectivity index (χ0v) is 13.2. The van der Waals surface area contributed by atoms with Crippen LogP contribution in [0.25, 0.3) is 0 Å². The van der Waals surface area contributed by atoms with Gasteiger partial charge in [0.1, 0.15) is 11.6 Å². The molecule has 0 aliphatic carbocycles. The fourth-order valence-corrected chi connectivity index (χ4v) is 3.02. The quantitative estimate of drug-likeness (QED) is 0.793. The Morgan fingerprint density at radius 2 is 1.79 bits per heavy atom. The van der Waals surface area contributed by atoms with Crippen molar-refractivity contribution in [2.24, 2.45) is 0 Å². The minimum absolute atomic E-state index is 0.495. The van der Waals surface area contributed by atoms with Gasteiger partial charge in [-0.2, -0.15) is 0 Å². The number of pyridine rings is 1. The third kappa shape index (κ3) is 3.89. The molecule has 2 aromatic heterocycles. The van der Waals surface area contributed by atoms with E-state index in [0.29, 0.717) is 28.2 Å². The molecule has 2 heterocycles. The molecule has 0 aliphatic heterocycles. The molecule has 0 saturated carbocycles. The number of hydrogen-bond donors (Lipinski definition) is 2. The van der Waals surface area contributed by atoms with Gasteiger partial charge >= 0.3 is 0 Å². The van der Waals surface area contributed by atoms with Gasteiger partial charge in [0.25, 0.3) is 0 Å². The van der Waals surface area contributed by atoms with E-state index in [9.17, 15) is 0 Å². The lowest BCUT2D eigenvalue weighted by Crippen LogP contribution is -2.05. The van der Waals surface area contributed by atoms with E-state index in [2.05, 4.69) is 15.6 Å². The maximum absolute atomic E-state index is 6.11. The van der Waals surface area contributed by atoms with Gasteiger partial charge in [0.2, 0.25) is 0 Å². The largest absolute Gasteiger partial charge is 0.369 e. The minimum atomic E-state index is 0.495. The molecule has 0 amide bonds. The lowest BCUT2D eigenvalue weighted by atomic mass is 10.4. The van der Waals surface area contributed by atoms with Crippen molar-refractivity contribution in [1.29, 1.82) is 0 Å². The van der Waals surface area contributed by atoms with E-state index >= 15 is 0 Å². The minimum Gasteiger partial charge on any atom is -0.369 e. The second kappa shape index (κ2) is 6.66. The molecule has 0 aliphatic rings. The summed E-state index contributed by atoms with van der Waals surface area (Å²) in [6, 6.07) is 5.51. The number of halogens is 3. The molecule has 0 bridgehead atoms. The van der Waals surface area contributed by atoms with Gasteiger partial charge in [0, 0.05) is 11.4 Å². The summed E-state index contributed by atoms with van der Waals surface area (Å²) in [7, 11) is 0. The first-order valence-corrected chi connectivity index (χ1v) is 7.63. The second-order valence-electron chi connectivity index (χ2n) is 3.74. The molecule has 102 valence electrons. The van der Waals surface area contributed by atoms with Crippen LogP contribution in [0.5, 0.6) is 0 Å². The highest BCUT2D eigenvalue weighted by Crippen LogP contribution is 2.30. The third-order valence-electron chi connectivity index (χ3n) is 2.33. The first-order valence-electron chi connectivity index (χ1n) is 5.68. The summed E-state index contributed by atoms with van der Waals surface area (Å²) in [5.74, 6) is 1.23. The zero-order chi connectivity index (χ0) is 13.8. The van der Waals surface area contributed by atoms with Crippen LogP contribution >= 0.6 is 46.1 Å². The number of hydrogen-bond acceptors (Lipinski definition) is 4. The van der Waals surface area contributed by atoms with Crippen LogP contribution in [-0.4, -0.2) is 11.5 Å². The molecule has 3 nitrogen and oxygen atoms in total. The first-order chi connectivity index (χ1) is 9.10. The van der Waals surface area contributed by atoms with Crippen molar-refractivity contribution in [2.75, 3.05) is 17.2 Å². The Morgan fingerprint density at radius 1 is 1.11 bits per heavy atom. The molecule has 7 heteroatoms. The fourth-order valence-electron chi connectivity index (χ4n) is 1.50. The lowest BCUT2D eigenvalue weighted by molar-refractivity contribution is 1.11. The summed E-state index contributed by atoms with van der Waals surface area (Å²) < 4.78 is 0.764. The van der Waals surface area contributed by atoms with Crippen molar-refractivity contribution >= 4 is 57.8 Å². The maximum Gasteiger partial charge on any atom is 0.147 e. The molecule has 19 heavy (non-hydrogen) atoms. The summed E-state index contributed by atoms with van der Waals surface area (Å²) in [6.07, 6.45) is 0. The molecular weight excluding hydrogens is 325 g/mol. The molecular formula is C12H12Cl3N3S. The van der Waals surface area contributed by atoms with Crippen LogP contribution in [0, 0.1) is 0 Å².